The Hall–Kier alpha value is -0.120. The SMILES string of the molecule is COCOC1CCCCCCC1O. The van der Waals surface area contributed by atoms with Crippen molar-refractivity contribution in [1.29, 1.82) is 0 Å². The quantitative estimate of drug-likeness (QED) is 0.685. The molecule has 0 spiro atoms. The standard InChI is InChI=1S/C10H20O3/c1-12-8-13-10-7-5-3-2-4-6-9(10)11/h9-11H,2-8H2,1H3. The second kappa shape index (κ2) is 6.35. The van der Waals surface area contributed by atoms with Gasteiger partial charge in [0.05, 0.1) is 12.2 Å². The molecule has 1 rings (SSSR count). The largest absolute Gasteiger partial charge is 0.390 e. The van der Waals surface area contributed by atoms with E-state index in [9.17, 15) is 5.11 Å². The summed E-state index contributed by atoms with van der Waals surface area (Å²) >= 11 is 0. The lowest BCUT2D eigenvalue weighted by molar-refractivity contribution is -0.118. The fourth-order valence-electron chi connectivity index (χ4n) is 1.78. The first-order valence-electron chi connectivity index (χ1n) is 5.13. The first-order chi connectivity index (χ1) is 6.34. The highest BCUT2D eigenvalue weighted by atomic mass is 16.7. The van der Waals surface area contributed by atoms with Gasteiger partial charge in [-0.3, -0.25) is 0 Å². The highest BCUT2D eigenvalue weighted by Gasteiger charge is 2.20. The summed E-state index contributed by atoms with van der Waals surface area (Å²) in [5.41, 5.74) is 0. The summed E-state index contributed by atoms with van der Waals surface area (Å²) in [7, 11) is 1.61. The van der Waals surface area contributed by atoms with Crippen molar-refractivity contribution >= 4 is 0 Å². The van der Waals surface area contributed by atoms with Crippen LogP contribution < -0.4 is 0 Å². The van der Waals surface area contributed by atoms with Crippen LogP contribution in [0.5, 0.6) is 0 Å². The molecule has 3 nitrogen and oxygen atoms in total. The lowest BCUT2D eigenvalue weighted by Crippen LogP contribution is -2.30. The summed E-state index contributed by atoms with van der Waals surface area (Å²) in [5.74, 6) is 0. The monoisotopic (exact) mass is 188 g/mol. The third kappa shape index (κ3) is 4.07. The van der Waals surface area contributed by atoms with Crippen LogP contribution in [0, 0.1) is 0 Å². The molecule has 1 saturated carbocycles. The van der Waals surface area contributed by atoms with Crippen LogP contribution in [0.25, 0.3) is 0 Å². The molecule has 0 heterocycles. The summed E-state index contributed by atoms with van der Waals surface area (Å²) in [4.78, 5) is 0. The Labute approximate surface area is 80.0 Å². The normalized spacial score (nSPS) is 30.9. The second-order valence-corrected chi connectivity index (χ2v) is 3.67. The summed E-state index contributed by atoms with van der Waals surface area (Å²) in [6, 6.07) is 0. The van der Waals surface area contributed by atoms with Crippen LogP contribution in [0.15, 0.2) is 0 Å². The third-order valence-corrected chi connectivity index (χ3v) is 2.57. The van der Waals surface area contributed by atoms with Crippen LogP contribution in [0.3, 0.4) is 0 Å². The highest BCUT2D eigenvalue weighted by Crippen LogP contribution is 2.19. The number of rotatable bonds is 3. The Morgan fingerprint density at radius 3 is 2.54 bits per heavy atom. The van der Waals surface area contributed by atoms with Crippen LogP contribution in [0.4, 0.5) is 0 Å². The zero-order chi connectivity index (χ0) is 9.52. The predicted molar refractivity (Wildman–Crippen MR) is 50.5 cm³/mol. The van der Waals surface area contributed by atoms with E-state index in [0.29, 0.717) is 6.79 Å². The van der Waals surface area contributed by atoms with Gasteiger partial charge in [-0.15, -0.1) is 0 Å². The lowest BCUT2D eigenvalue weighted by atomic mass is 9.96. The zero-order valence-corrected chi connectivity index (χ0v) is 8.37. The van der Waals surface area contributed by atoms with Crippen LogP contribution in [-0.2, 0) is 9.47 Å². The Kier molecular flexibility index (Phi) is 5.35. The number of aliphatic hydroxyl groups is 1. The summed E-state index contributed by atoms with van der Waals surface area (Å²) in [6.07, 6.45) is 6.31. The molecule has 0 amide bonds. The number of hydrogen-bond acceptors (Lipinski definition) is 3. The number of ether oxygens (including phenoxy) is 2. The van der Waals surface area contributed by atoms with Crippen molar-refractivity contribution in [3.05, 3.63) is 0 Å². The topological polar surface area (TPSA) is 38.7 Å². The first kappa shape index (κ1) is 11.0. The zero-order valence-electron chi connectivity index (χ0n) is 8.37. The minimum atomic E-state index is -0.296. The van der Waals surface area contributed by atoms with E-state index < -0.39 is 0 Å². The Bertz CT molecular complexity index is 125. The fourth-order valence-corrected chi connectivity index (χ4v) is 1.78. The summed E-state index contributed by atoms with van der Waals surface area (Å²) in [5, 5.41) is 9.72. The van der Waals surface area contributed by atoms with E-state index in [4.69, 9.17) is 9.47 Å². The van der Waals surface area contributed by atoms with Crippen molar-refractivity contribution in [2.24, 2.45) is 0 Å². The molecule has 78 valence electrons. The minimum absolute atomic E-state index is 0.0137. The molecule has 2 atom stereocenters. The Morgan fingerprint density at radius 1 is 1.15 bits per heavy atom. The van der Waals surface area contributed by atoms with Crippen LogP contribution >= 0.6 is 0 Å². The van der Waals surface area contributed by atoms with Gasteiger partial charge in [0.1, 0.15) is 6.79 Å². The average molecular weight is 188 g/mol. The maximum absolute atomic E-state index is 9.72. The fraction of sp³-hybridized carbons (Fsp3) is 1.00. The molecular formula is C10H20O3. The molecule has 0 aromatic carbocycles. The van der Waals surface area contributed by atoms with Gasteiger partial charge in [0.25, 0.3) is 0 Å². The molecule has 1 fully saturated rings. The van der Waals surface area contributed by atoms with Gasteiger partial charge < -0.3 is 14.6 Å². The van der Waals surface area contributed by atoms with Crippen molar-refractivity contribution in [2.45, 2.75) is 50.7 Å². The third-order valence-electron chi connectivity index (χ3n) is 2.57. The molecule has 0 radical (unpaired) electrons. The molecule has 1 N–H and O–H groups in total. The molecule has 0 bridgehead atoms. The molecule has 0 saturated heterocycles. The molecule has 0 aliphatic heterocycles. The molecule has 3 heteroatoms. The maximum Gasteiger partial charge on any atom is 0.146 e. The van der Waals surface area contributed by atoms with Gasteiger partial charge in [-0.25, -0.2) is 0 Å². The molecule has 0 aromatic heterocycles. The van der Waals surface area contributed by atoms with Crippen molar-refractivity contribution in [2.75, 3.05) is 13.9 Å². The number of methoxy groups -OCH3 is 1. The smallest absolute Gasteiger partial charge is 0.146 e. The van der Waals surface area contributed by atoms with Gasteiger partial charge in [0.15, 0.2) is 0 Å². The average Bonchev–Trinajstić information content (AvgIpc) is 2.11. The van der Waals surface area contributed by atoms with E-state index in [1.807, 2.05) is 0 Å². The van der Waals surface area contributed by atoms with Crippen LogP contribution in [0.2, 0.25) is 0 Å². The Balaban J connectivity index is 2.28. The maximum atomic E-state index is 9.72. The molecule has 1 aliphatic rings. The van der Waals surface area contributed by atoms with E-state index in [-0.39, 0.29) is 12.2 Å². The molecule has 1 aliphatic carbocycles. The summed E-state index contributed by atoms with van der Waals surface area (Å²) in [6.45, 7) is 0.293. The molecular weight excluding hydrogens is 168 g/mol. The van der Waals surface area contributed by atoms with E-state index >= 15 is 0 Å². The van der Waals surface area contributed by atoms with Crippen molar-refractivity contribution in [3.63, 3.8) is 0 Å². The van der Waals surface area contributed by atoms with Crippen LogP contribution in [-0.4, -0.2) is 31.2 Å². The van der Waals surface area contributed by atoms with Crippen LogP contribution in [0.1, 0.15) is 38.5 Å². The van der Waals surface area contributed by atoms with E-state index in [1.165, 1.54) is 12.8 Å². The summed E-state index contributed by atoms with van der Waals surface area (Å²) < 4.78 is 10.2. The first-order valence-corrected chi connectivity index (χ1v) is 5.13. The Morgan fingerprint density at radius 2 is 1.85 bits per heavy atom. The molecule has 13 heavy (non-hydrogen) atoms. The van der Waals surface area contributed by atoms with Crippen molar-refractivity contribution < 1.29 is 14.6 Å². The van der Waals surface area contributed by atoms with E-state index in [0.717, 1.165) is 25.7 Å². The number of aliphatic hydroxyl groups excluding tert-OH is 1. The van der Waals surface area contributed by atoms with Crippen molar-refractivity contribution in [3.8, 4) is 0 Å². The van der Waals surface area contributed by atoms with Gasteiger partial charge >= 0.3 is 0 Å². The van der Waals surface area contributed by atoms with E-state index in [2.05, 4.69) is 0 Å². The molecule has 2 unspecified atom stereocenters. The predicted octanol–water partition coefficient (Wildman–Crippen LogP) is 1.69. The van der Waals surface area contributed by atoms with Crippen molar-refractivity contribution in [1.82, 2.24) is 0 Å². The molecule has 0 aromatic rings. The van der Waals surface area contributed by atoms with E-state index in [1.54, 1.807) is 7.11 Å². The van der Waals surface area contributed by atoms with Gasteiger partial charge in [-0.05, 0) is 12.8 Å². The highest BCUT2D eigenvalue weighted by molar-refractivity contribution is 4.71. The lowest BCUT2D eigenvalue weighted by Gasteiger charge is -2.25. The second-order valence-electron chi connectivity index (χ2n) is 3.67. The van der Waals surface area contributed by atoms with Gasteiger partial charge in [-0.1, -0.05) is 25.7 Å². The number of hydrogen-bond donors (Lipinski definition) is 1. The minimum Gasteiger partial charge on any atom is -0.390 e. The van der Waals surface area contributed by atoms with Gasteiger partial charge in [0.2, 0.25) is 0 Å². The van der Waals surface area contributed by atoms with Gasteiger partial charge in [0, 0.05) is 7.11 Å². The van der Waals surface area contributed by atoms with Gasteiger partial charge in [-0.2, -0.15) is 0 Å².